The summed E-state index contributed by atoms with van der Waals surface area (Å²) in [6.07, 6.45) is 1.99. The standard InChI is InChI=1S/C16H24N2O2/c1-11-8-12(2)16(13(3)9-11)20-10-15(19)18-14-4-6-17-7-5-14/h8-9,14,17H,4-7,10H2,1-3H3,(H,18,19). The minimum atomic E-state index is -0.0312. The molecular weight excluding hydrogens is 252 g/mol. The lowest BCUT2D eigenvalue weighted by Gasteiger charge is -2.23. The maximum atomic E-state index is 11.9. The molecule has 1 saturated heterocycles. The van der Waals surface area contributed by atoms with Crippen molar-refractivity contribution in [2.75, 3.05) is 19.7 Å². The van der Waals surface area contributed by atoms with Crippen molar-refractivity contribution >= 4 is 5.91 Å². The largest absolute Gasteiger partial charge is 0.483 e. The maximum absolute atomic E-state index is 11.9. The molecule has 110 valence electrons. The van der Waals surface area contributed by atoms with Gasteiger partial charge in [-0.1, -0.05) is 17.7 Å². The highest BCUT2D eigenvalue weighted by molar-refractivity contribution is 5.78. The van der Waals surface area contributed by atoms with Crippen LogP contribution >= 0.6 is 0 Å². The summed E-state index contributed by atoms with van der Waals surface area (Å²) < 4.78 is 5.70. The predicted molar refractivity (Wildman–Crippen MR) is 80.2 cm³/mol. The van der Waals surface area contributed by atoms with Gasteiger partial charge in [-0.3, -0.25) is 4.79 Å². The van der Waals surface area contributed by atoms with Gasteiger partial charge in [-0.25, -0.2) is 0 Å². The topological polar surface area (TPSA) is 50.4 Å². The lowest BCUT2D eigenvalue weighted by atomic mass is 10.1. The van der Waals surface area contributed by atoms with Gasteiger partial charge >= 0.3 is 0 Å². The fraction of sp³-hybridized carbons (Fsp3) is 0.562. The number of hydrogen-bond donors (Lipinski definition) is 2. The van der Waals surface area contributed by atoms with E-state index in [0.29, 0.717) is 0 Å². The van der Waals surface area contributed by atoms with Crippen LogP contribution in [-0.4, -0.2) is 31.6 Å². The molecule has 1 aliphatic heterocycles. The van der Waals surface area contributed by atoms with E-state index >= 15 is 0 Å². The average Bonchev–Trinajstić information content (AvgIpc) is 2.38. The number of rotatable bonds is 4. The van der Waals surface area contributed by atoms with Gasteiger partial charge in [0.1, 0.15) is 5.75 Å². The Kier molecular flexibility index (Phi) is 5.01. The number of carbonyl (C=O) groups excluding carboxylic acids is 1. The first-order chi connectivity index (χ1) is 9.56. The van der Waals surface area contributed by atoms with Crippen LogP contribution in [0.1, 0.15) is 29.5 Å². The summed E-state index contributed by atoms with van der Waals surface area (Å²) in [7, 11) is 0. The Hall–Kier alpha value is -1.55. The number of nitrogens with one attached hydrogen (secondary N) is 2. The van der Waals surface area contributed by atoms with Gasteiger partial charge in [0.25, 0.3) is 5.91 Å². The highest BCUT2D eigenvalue weighted by Gasteiger charge is 2.16. The van der Waals surface area contributed by atoms with Crippen LogP contribution in [0.5, 0.6) is 5.75 Å². The van der Waals surface area contributed by atoms with Crippen molar-refractivity contribution in [1.82, 2.24) is 10.6 Å². The van der Waals surface area contributed by atoms with Gasteiger partial charge in [0.05, 0.1) is 0 Å². The van der Waals surface area contributed by atoms with Crippen LogP contribution < -0.4 is 15.4 Å². The molecule has 0 radical (unpaired) electrons. The van der Waals surface area contributed by atoms with Gasteiger partial charge in [0.15, 0.2) is 6.61 Å². The molecule has 1 amide bonds. The van der Waals surface area contributed by atoms with E-state index in [0.717, 1.165) is 42.8 Å². The number of amides is 1. The predicted octanol–water partition coefficient (Wildman–Crippen LogP) is 1.86. The van der Waals surface area contributed by atoms with Crippen LogP contribution in [0, 0.1) is 20.8 Å². The molecule has 1 aliphatic rings. The van der Waals surface area contributed by atoms with Gasteiger partial charge in [-0.15, -0.1) is 0 Å². The molecule has 0 aromatic heterocycles. The van der Waals surface area contributed by atoms with E-state index in [4.69, 9.17) is 4.74 Å². The van der Waals surface area contributed by atoms with E-state index in [9.17, 15) is 4.79 Å². The van der Waals surface area contributed by atoms with E-state index in [1.54, 1.807) is 0 Å². The highest BCUT2D eigenvalue weighted by atomic mass is 16.5. The van der Waals surface area contributed by atoms with Gasteiger partial charge in [0.2, 0.25) is 0 Å². The van der Waals surface area contributed by atoms with Crippen molar-refractivity contribution in [3.05, 3.63) is 28.8 Å². The maximum Gasteiger partial charge on any atom is 0.258 e. The average molecular weight is 276 g/mol. The second-order valence-corrected chi connectivity index (χ2v) is 5.61. The third-order valence-electron chi connectivity index (χ3n) is 3.66. The number of hydrogen-bond acceptors (Lipinski definition) is 3. The molecule has 0 bridgehead atoms. The zero-order valence-electron chi connectivity index (χ0n) is 12.6. The van der Waals surface area contributed by atoms with Crippen LogP contribution in [0.25, 0.3) is 0 Å². The van der Waals surface area contributed by atoms with Crippen LogP contribution in [0.4, 0.5) is 0 Å². The Morgan fingerprint density at radius 3 is 2.45 bits per heavy atom. The molecule has 4 nitrogen and oxygen atoms in total. The Morgan fingerprint density at radius 1 is 1.25 bits per heavy atom. The molecule has 20 heavy (non-hydrogen) atoms. The van der Waals surface area contributed by atoms with Crippen LogP contribution in [0.3, 0.4) is 0 Å². The van der Waals surface area contributed by atoms with Crippen molar-refractivity contribution in [3.63, 3.8) is 0 Å². The summed E-state index contributed by atoms with van der Waals surface area (Å²) in [6, 6.07) is 4.44. The van der Waals surface area contributed by atoms with E-state index in [-0.39, 0.29) is 18.6 Å². The molecule has 0 unspecified atom stereocenters. The van der Waals surface area contributed by atoms with Crippen molar-refractivity contribution in [2.45, 2.75) is 39.7 Å². The van der Waals surface area contributed by atoms with Gasteiger partial charge in [-0.2, -0.15) is 0 Å². The summed E-state index contributed by atoms with van der Waals surface area (Å²) >= 11 is 0. The summed E-state index contributed by atoms with van der Waals surface area (Å²) in [5.74, 6) is 0.798. The molecule has 1 fully saturated rings. The third-order valence-corrected chi connectivity index (χ3v) is 3.66. The smallest absolute Gasteiger partial charge is 0.258 e. The summed E-state index contributed by atoms with van der Waals surface area (Å²) in [5, 5.41) is 6.32. The second kappa shape index (κ2) is 6.75. The summed E-state index contributed by atoms with van der Waals surface area (Å²) in [6.45, 7) is 8.13. The molecular formula is C16H24N2O2. The molecule has 4 heteroatoms. The Morgan fingerprint density at radius 2 is 1.85 bits per heavy atom. The number of benzene rings is 1. The first-order valence-corrected chi connectivity index (χ1v) is 7.27. The minimum absolute atomic E-state index is 0.0312. The highest BCUT2D eigenvalue weighted by Crippen LogP contribution is 2.24. The molecule has 1 aromatic rings. The number of ether oxygens (including phenoxy) is 1. The van der Waals surface area contributed by atoms with E-state index in [1.165, 1.54) is 5.56 Å². The van der Waals surface area contributed by atoms with Gasteiger partial charge in [-0.05, 0) is 57.8 Å². The molecule has 1 aromatic carbocycles. The fourth-order valence-electron chi connectivity index (χ4n) is 2.77. The first kappa shape index (κ1) is 14.9. The molecule has 2 N–H and O–H groups in total. The quantitative estimate of drug-likeness (QED) is 0.882. The zero-order valence-corrected chi connectivity index (χ0v) is 12.6. The SMILES string of the molecule is Cc1cc(C)c(OCC(=O)NC2CCNCC2)c(C)c1. The van der Waals surface area contributed by atoms with Crippen LogP contribution in [0.15, 0.2) is 12.1 Å². The third kappa shape index (κ3) is 3.97. The molecule has 0 atom stereocenters. The lowest BCUT2D eigenvalue weighted by molar-refractivity contribution is -0.124. The van der Waals surface area contributed by atoms with Gasteiger partial charge < -0.3 is 15.4 Å². The zero-order chi connectivity index (χ0) is 14.5. The molecule has 0 saturated carbocycles. The Labute approximate surface area is 120 Å². The normalized spacial score (nSPS) is 15.9. The van der Waals surface area contributed by atoms with Crippen molar-refractivity contribution in [2.24, 2.45) is 0 Å². The van der Waals surface area contributed by atoms with Crippen molar-refractivity contribution in [1.29, 1.82) is 0 Å². The fourth-order valence-corrected chi connectivity index (χ4v) is 2.77. The molecule has 0 spiro atoms. The number of carbonyl (C=O) groups is 1. The summed E-state index contributed by atoms with van der Waals surface area (Å²) in [4.78, 5) is 11.9. The minimum Gasteiger partial charge on any atom is -0.483 e. The van der Waals surface area contributed by atoms with E-state index < -0.39 is 0 Å². The number of aryl methyl sites for hydroxylation is 3. The molecule has 2 rings (SSSR count). The van der Waals surface area contributed by atoms with Crippen molar-refractivity contribution in [3.8, 4) is 5.75 Å². The van der Waals surface area contributed by atoms with Crippen LogP contribution in [-0.2, 0) is 4.79 Å². The van der Waals surface area contributed by atoms with Crippen molar-refractivity contribution < 1.29 is 9.53 Å². The second-order valence-electron chi connectivity index (χ2n) is 5.61. The first-order valence-electron chi connectivity index (χ1n) is 7.27. The monoisotopic (exact) mass is 276 g/mol. The molecule has 1 heterocycles. The summed E-state index contributed by atoms with van der Waals surface area (Å²) in [5.41, 5.74) is 3.38. The molecule has 0 aliphatic carbocycles. The van der Waals surface area contributed by atoms with E-state index in [1.807, 2.05) is 13.8 Å². The Bertz CT molecular complexity index is 456. The van der Waals surface area contributed by atoms with Crippen LogP contribution in [0.2, 0.25) is 0 Å². The lowest BCUT2D eigenvalue weighted by Crippen LogP contribution is -2.44. The number of piperidine rings is 1. The Balaban J connectivity index is 1.87. The van der Waals surface area contributed by atoms with E-state index in [2.05, 4.69) is 29.7 Å². The van der Waals surface area contributed by atoms with Gasteiger partial charge in [0, 0.05) is 6.04 Å².